The van der Waals surface area contributed by atoms with E-state index in [0.717, 1.165) is 4.90 Å². The molecule has 0 spiro atoms. The Hall–Kier alpha value is -3.15. The molecular formula is C16H12N2O4. The highest BCUT2D eigenvalue weighted by Gasteiger charge is 2.37. The largest absolute Gasteiger partial charge is 0.478 e. The van der Waals surface area contributed by atoms with Crippen LogP contribution >= 0.6 is 0 Å². The number of carbonyl (C=O) groups excluding carboxylic acids is 2. The van der Waals surface area contributed by atoms with Crippen LogP contribution in [0, 0.1) is 0 Å². The Labute approximate surface area is 126 Å². The highest BCUT2D eigenvalue weighted by molar-refractivity contribution is 6.26. The van der Waals surface area contributed by atoms with Crippen LogP contribution in [-0.4, -0.2) is 29.6 Å². The standard InChI is InChI=1S/C16H12N2O4/c19-14-10-17(12-8-6-11(7-9-12)15(20)21)16(22)18(14)13-4-2-1-3-5-13/h1-9H,10H2,(H,20,21). The summed E-state index contributed by atoms with van der Waals surface area (Å²) < 4.78 is 0. The Kier molecular flexibility index (Phi) is 3.34. The normalized spacial score (nSPS) is 14.5. The fourth-order valence-corrected chi connectivity index (χ4v) is 2.32. The summed E-state index contributed by atoms with van der Waals surface area (Å²) >= 11 is 0. The van der Waals surface area contributed by atoms with Gasteiger partial charge in [0.05, 0.1) is 11.3 Å². The van der Waals surface area contributed by atoms with Crippen LogP contribution in [0.2, 0.25) is 0 Å². The number of aromatic carboxylic acids is 1. The molecule has 1 N–H and O–H groups in total. The van der Waals surface area contributed by atoms with E-state index < -0.39 is 12.0 Å². The highest BCUT2D eigenvalue weighted by Crippen LogP contribution is 2.25. The van der Waals surface area contributed by atoms with Crippen molar-refractivity contribution in [1.29, 1.82) is 0 Å². The first-order valence-corrected chi connectivity index (χ1v) is 6.61. The monoisotopic (exact) mass is 296 g/mol. The van der Waals surface area contributed by atoms with E-state index in [-0.39, 0.29) is 18.0 Å². The summed E-state index contributed by atoms with van der Waals surface area (Å²) in [4.78, 5) is 37.8. The third-order valence-electron chi connectivity index (χ3n) is 3.41. The maximum absolute atomic E-state index is 12.5. The molecule has 3 amide bonds. The molecule has 22 heavy (non-hydrogen) atoms. The molecule has 1 aliphatic rings. The Morgan fingerprint density at radius 1 is 0.909 bits per heavy atom. The smallest absolute Gasteiger partial charge is 0.336 e. The molecule has 0 unspecified atom stereocenters. The maximum atomic E-state index is 12.5. The molecule has 3 rings (SSSR count). The van der Waals surface area contributed by atoms with E-state index in [4.69, 9.17) is 5.11 Å². The Bertz CT molecular complexity index is 741. The summed E-state index contributed by atoms with van der Waals surface area (Å²) in [6.45, 7) is -0.0693. The number of carboxylic acid groups (broad SMARTS) is 1. The average Bonchev–Trinajstić information content (AvgIpc) is 2.83. The predicted molar refractivity (Wildman–Crippen MR) is 80.1 cm³/mol. The van der Waals surface area contributed by atoms with Crippen molar-refractivity contribution in [2.24, 2.45) is 0 Å². The van der Waals surface area contributed by atoms with Crippen LogP contribution in [0.25, 0.3) is 0 Å². The Balaban J connectivity index is 1.89. The van der Waals surface area contributed by atoms with Crippen molar-refractivity contribution >= 4 is 29.3 Å². The fourth-order valence-electron chi connectivity index (χ4n) is 2.32. The van der Waals surface area contributed by atoms with Crippen molar-refractivity contribution in [2.75, 3.05) is 16.3 Å². The van der Waals surface area contributed by atoms with Crippen LogP contribution in [0.3, 0.4) is 0 Å². The molecular weight excluding hydrogens is 284 g/mol. The molecule has 0 aromatic heterocycles. The second-order valence-corrected chi connectivity index (χ2v) is 4.79. The van der Waals surface area contributed by atoms with Crippen LogP contribution in [-0.2, 0) is 4.79 Å². The SMILES string of the molecule is O=C(O)c1ccc(N2CC(=O)N(c3ccccc3)C2=O)cc1. The van der Waals surface area contributed by atoms with E-state index in [1.54, 1.807) is 30.3 Å². The van der Waals surface area contributed by atoms with E-state index in [0.29, 0.717) is 11.4 Å². The number of hydrogen-bond acceptors (Lipinski definition) is 3. The van der Waals surface area contributed by atoms with Crippen molar-refractivity contribution in [2.45, 2.75) is 0 Å². The minimum Gasteiger partial charge on any atom is -0.478 e. The number of benzene rings is 2. The molecule has 2 aromatic carbocycles. The first-order chi connectivity index (χ1) is 10.6. The van der Waals surface area contributed by atoms with Crippen LogP contribution in [0.4, 0.5) is 16.2 Å². The van der Waals surface area contributed by atoms with Crippen molar-refractivity contribution in [3.8, 4) is 0 Å². The number of carbonyl (C=O) groups is 3. The van der Waals surface area contributed by atoms with Gasteiger partial charge in [-0.2, -0.15) is 0 Å². The molecule has 1 heterocycles. The lowest BCUT2D eigenvalue weighted by Crippen LogP contribution is -2.32. The van der Waals surface area contributed by atoms with Gasteiger partial charge in [0.15, 0.2) is 0 Å². The number of urea groups is 1. The van der Waals surface area contributed by atoms with E-state index in [1.165, 1.54) is 29.2 Å². The number of rotatable bonds is 3. The number of carboxylic acids is 1. The molecule has 110 valence electrons. The minimum atomic E-state index is -1.04. The van der Waals surface area contributed by atoms with Gasteiger partial charge in [0, 0.05) is 5.69 Å². The Morgan fingerprint density at radius 2 is 1.55 bits per heavy atom. The van der Waals surface area contributed by atoms with Gasteiger partial charge >= 0.3 is 12.0 Å². The van der Waals surface area contributed by atoms with Gasteiger partial charge in [-0.15, -0.1) is 0 Å². The van der Waals surface area contributed by atoms with Crippen molar-refractivity contribution in [3.63, 3.8) is 0 Å². The van der Waals surface area contributed by atoms with E-state index >= 15 is 0 Å². The molecule has 0 radical (unpaired) electrons. The molecule has 1 fully saturated rings. The number of amides is 3. The van der Waals surface area contributed by atoms with Crippen LogP contribution in [0.5, 0.6) is 0 Å². The second-order valence-electron chi connectivity index (χ2n) is 4.79. The molecule has 0 atom stereocenters. The second kappa shape index (κ2) is 5.33. The fraction of sp³-hybridized carbons (Fsp3) is 0.0625. The zero-order chi connectivity index (χ0) is 15.7. The van der Waals surface area contributed by atoms with Crippen LogP contribution < -0.4 is 9.80 Å². The maximum Gasteiger partial charge on any atom is 0.336 e. The van der Waals surface area contributed by atoms with Gasteiger partial charge in [-0.25, -0.2) is 14.5 Å². The van der Waals surface area contributed by atoms with Crippen molar-refractivity contribution in [1.82, 2.24) is 0 Å². The van der Waals surface area contributed by atoms with Crippen LogP contribution in [0.15, 0.2) is 54.6 Å². The summed E-state index contributed by atoms with van der Waals surface area (Å²) in [6.07, 6.45) is 0. The lowest BCUT2D eigenvalue weighted by Gasteiger charge is -2.17. The zero-order valence-corrected chi connectivity index (χ0v) is 11.5. The molecule has 0 bridgehead atoms. The van der Waals surface area contributed by atoms with E-state index in [1.807, 2.05) is 0 Å². The van der Waals surface area contributed by atoms with Gasteiger partial charge in [-0.05, 0) is 36.4 Å². The van der Waals surface area contributed by atoms with Gasteiger partial charge in [0.25, 0.3) is 5.91 Å². The third kappa shape index (κ3) is 2.31. The summed E-state index contributed by atoms with van der Waals surface area (Å²) in [7, 11) is 0. The molecule has 1 saturated heterocycles. The predicted octanol–water partition coefficient (Wildman–Crippen LogP) is 2.36. The molecule has 1 aliphatic heterocycles. The number of anilines is 2. The number of para-hydroxylation sites is 1. The highest BCUT2D eigenvalue weighted by atomic mass is 16.4. The average molecular weight is 296 g/mol. The zero-order valence-electron chi connectivity index (χ0n) is 11.5. The van der Waals surface area contributed by atoms with Gasteiger partial charge in [0.1, 0.15) is 6.54 Å². The summed E-state index contributed by atoms with van der Waals surface area (Å²) in [5.74, 6) is -1.36. The lowest BCUT2D eigenvalue weighted by atomic mass is 10.2. The quantitative estimate of drug-likeness (QED) is 0.882. The van der Waals surface area contributed by atoms with E-state index in [2.05, 4.69) is 0 Å². The van der Waals surface area contributed by atoms with Gasteiger partial charge < -0.3 is 5.11 Å². The first kappa shape index (κ1) is 13.8. The Morgan fingerprint density at radius 3 is 2.14 bits per heavy atom. The summed E-state index contributed by atoms with van der Waals surface area (Å²) in [5, 5.41) is 8.88. The first-order valence-electron chi connectivity index (χ1n) is 6.61. The number of nitrogens with zero attached hydrogens (tertiary/aromatic N) is 2. The summed E-state index contributed by atoms with van der Waals surface area (Å²) in [6, 6.07) is 14.1. The topological polar surface area (TPSA) is 77.9 Å². The van der Waals surface area contributed by atoms with Gasteiger partial charge in [-0.1, -0.05) is 18.2 Å². The van der Waals surface area contributed by atoms with Crippen molar-refractivity contribution in [3.05, 3.63) is 60.2 Å². The van der Waals surface area contributed by atoms with Gasteiger partial charge in [0.2, 0.25) is 0 Å². The minimum absolute atomic E-state index is 0.0693. The summed E-state index contributed by atoms with van der Waals surface area (Å²) in [5.41, 5.74) is 1.13. The molecule has 6 nitrogen and oxygen atoms in total. The van der Waals surface area contributed by atoms with Gasteiger partial charge in [-0.3, -0.25) is 9.69 Å². The van der Waals surface area contributed by atoms with E-state index in [9.17, 15) is 14.4 Å². The van der Waals surface area contributed by atoms with Crippen molar-refractivity contribution < 1.29 is 19.5 Å². The molecule has 6 heteroatoms. The number of hydrogen-bond donors (Lipinski definition) is 1. The van der Waals surface area contributed by atoms with Crippen LogP contribution in [0.1, 0.15) is 10.4 Å². The lowest BCUT2D eigenvalue weighted by molar-refractivity contribution is -0.115. The molecule has 2 aromatic rings. The molecule has 0 aliphatic carbocycles. The molecule has 0 saturated carbocycles. The third-order valence-corrected chi connectivity index (χ3v) is 3.41. The number of imide groups is 1.